The third-order valence-electron chi connectivity index (χ3n) is 4.17. The standard InChI is InChI=1S/C15H24O5/c16-13-8-7-12(15-19-9-10-20-15)11(13)5-3-1-2-4-6-14(17)18/h1,3,11-13,15-16H,2,4-10H2,(H,17,18)/t11-,12+,13+/m0/s1. The van der Waals surface area contributed by atoms with E-state index < -0.39 is 5.97 Å². The van der Waals surface area contributed by atoms with Crippen molar-refractivity contribution in [1.82, 2.24) is 0 Å². The summed E-state index contributed by atoms with van der Waals surface area (Å²) in [4.78, 5) is 10.4. The Morgan fingerprint density at radius 1 is 1.20 bits per heavy atom. The molecule has 1 saturated carbocycles. The van der Waals surface area contributed by atoms with Crippen molar-refractivity contribution in [3.63, 3.8) is 0 Å². The summed E-state index contributed by atoms with van der Waals surface area (Å²) in [6, 6.07) is 0. The van der Waals surface area contributed by atoms with Crippen LogP contribution >= 0.6 is 0 Å². The molecule has 114 valence electrons. The molecule has 2 N–H and O–H groups in total. The molecule has 2 fully saturated rings. The number of aliphatic hydroxyl groups excluding tert-OH is 1. The summed E-state index contributed by atoms with van der Waals surface area (Å²) < 4.78 is 11.1. The zero-order chi connectivity index (χ0) is 14.4. The van der Waals surface area contributed by atoms with Crippen molar-refractivity contribution >= 4 is 5.97 Å². The van der Waals surface area contributed by atoms with E-state index in [2.05, 4.69) is 6.08 Å². The lowest BCUT2D eigenvalue weighted by Gasteiger charge is -2.24. The summed E-state index contributed by atoms with van der Waals surface area (Å²) >= 11 is 0. The number of carboxylic acid groups (broad SMARTS) is 1. The van der Waals surface area contributed by atoms with Crippen molar-refractivity contribution in [3.8, 4) is 0 Å². The van der Waals surface area contributed by atoms with E-state index in [1.807, 2.05) is 6.08 Å². The Morgan fingerprint density at radius 3 is 2.65 bits per heavy atom. The lowest BCUT2D eigenvalue weighted by Crippen LogP contribution is -2.28. The van der Waals surface area contributed by atoms with Gasteiger partial charge in [-0.2, -0.15) is 0 Å². The van der Waals surface area contributed by atoms with Crippen LogP contribution in [0.1, 0.15) is 38.5 Å². The second-order valence-electron chi connectivity index (χ2n) is 5.58. The molecule has 5 heteroatoms. The van der Waals surface area contributed by atoms with Gasteiger partial charge in [0.1, 0.15) is 0 Å². The molecule has 3 atom stereocenters. The van der Waals surface area contributed by atoms with Gasteiger partial charge in [-0.1, -0.05) is 12.2 Å². The predicted molar refractivity (Wildman–Crippen MR) is 73.2 cm³/mol. The molecule has 0 radical (unpaired) electrons. The smallest absolute Gasteiger partial charge is 0.303 e. The van der Waals surface area contributed by atoms with E-state index in [4.69, 9.17) is 14.6 Å². The lowest BCUT2D eigenvalue weighted by molar-refractivity contribution is -0.137. The predicted octanol–water partition coefficient (Wildman–Crippen LogP) is 1.95. The van der Waals surface area contributed by atoms with Gasteiger partial charge in [-0.05, 0) is 38.0 Å². The second-order valence-corrected chi connectivity index (χ2v) is 5.58. The summed E-state index contributed by atoms with van der Waals surface area (Å²) in [6.07, 6.45) is 7.85. The fourth-order valence-corrected chi connectivity index (χ4v) is 3.11. The van der Waals surface area contributed by atoms with Crippen molar-refractivity contribution < 1.29 is 24.5 Å². The normalized spacial score (nSPS) is 31.4. The first-order valence-corrected chi connectivity index (χ1v) is 7.46. The highest BCUT2D eigenvalue weighted by molar-refractivity contribution is 5.66. The Morgan fingerprint density at radius 2 is 1.95 bits per heavy atom. The number of rotatable bonds is 7. The maximum atomic E-state index is 10.4. The molecular weight excluding hydrogens is 260 g/mol. The van der Waals surface area contributed by atoms with Crippen LogP contribution in [-0.2, 0) is 14.3 Å². The lowest BCUT2D eigenvalue weighted by atomic mass is 9.90. The number of hydrogen-bond acceptors (Lipinski definition) is 4. The van der Waals surface area contributed by atoms with Gasteiger partial charge in [0.2, 0.25) is 0 Å². The molecule has 5 nitrogen and oxygen atoms in total. The minimum absolute atomic E-state index is 0.155. The molecular formula is C15H24O5. The van der Waals surface area contributed by atoms with Gasteiger partial charge in [-0.25, -0.2) is 0 Å². The van der Waals surface area contributed by atoms with E-state index in [0.29, 0.717) is 19.6 Å². The molecule has 0 spiro atoms. The van der Waals surface area contributed by atoms with Crippen LogP contribution in [0.5, 0.6) is 0 Å². The monoisotopic (exact) mass is 284 g/mol. The third-order valence-corrected chi connectivity index (χ3v) is 4.17. The molecule has 0 aromatic carbocycles. The summed E-state index contributed by atoms with van der Waals surface area (Å²) in [5.41, 5.74) is 0. The van der Waals surface area contributed by atoms with Crippen LogP contribution in [0.3, 0.4) is 0 Å². The molecule has 2 rings (SSSR count). The number of ether oxygens (including phenoxy) is 2. The Kier molecular flexibility index (Phi) is 6.01. The summed E-state index contributed by atoms with van der Waals surface area (Å²) in [5.74, 6) is -0.287. The average molecular weight is 284 g/mol. The Bertz CT molecular complexity index is 335. The van der Waals surface area contributed by atoms with Crippen LogP contribution in [0.25, 0.3) is 0 Å². The van der Waals surface area contributed by atoms with Crippen LogP contribution in [0.4, 0.5) is 0 Å². The second kappa shape index (κ2) is 7.76. The fraction of sp³-hybridized carbons (Fsp3) is 0.800. The van der Waals surface area contributed by atoms with Gasteiger partial charge in [0, 0.05) is 12.3 Å². The highest BCUT2D eigenvalue weighted by atomic mass is 16.7. The van der Waals surface area contributed by atoms with Crippen molar-refractivity contribution in [2.75, 3.05) is 13.2 Å². The Labute approximate surface area is 119 Å². The topological polar surface area (TPSA) is 76.0 Å². The maximum Gasteiger partial charge on any atom is 0.303 e. The largest absolute Gasteiger partial charge is 0.481 e. The van der Waals surface area contributed by atoms with Gasteiger partial charge < -0.3 is 19.7 Å². The number of hydrogen-bond donors (Lipinski definition) is 2. The highest BCUT2D eigenvalue weighted by Crippen LogP contribution is 2.39. The molecule has 2 aliphatic rings. The molecule has 1 heterocycles. The minimum atomic E-state index is -0.750. The van der Waals surface area contributed by atoms with Crippen molar-refractivity contribution in [1.29, 1.82) is 0 Å². The van der Waals surface area contributed by atoms with Gasteiger partial charge in [0.05, 0.1) is 19.3 Å². The zero-order valence-electron chi connectivity index (χ0n) is 11.7. The number of carboxylic acids is 1. The van der Waals surface area contributed by atoms with Crippen molar-refractivity contribution in [2.45, 2.75) is 50.9 Å². The first kappa shape index (κ1) is 15.5. The number of allylic oxidation sites excluding steroid dienone is 2. The van der Waals surface area contributed by atoms with Crippen LogP contribution in [-0.4, -0.2) is 41.8 Å². The number of aliphatic carboxylic acids is 1. The molecule has 0 aromatic heterocycles. The summed E-state index contributed by atoms with van der Waals surface area (Å²) in [7, 11) is 0. The van der Waals surface area contributed by atoms with Gasteiger partial charge in [0.25, 0.3) is 0 Å². The van der Waals surface area contributed by atoms with Crippen molar-refractivity contribution in [3.05, 3.63) is 12.2 Å². The molecule has 0 aromatic rings. The molecule has 0 unspecified atom stereocenters. The zero-order valence-corrected chi connectivity index (χ0v) is 11.7. The van der Waals surface area contributed by atoms with E-state index in [-0.39, 0.29) is 30.7 Å². The highest BCUT2D eigenvalue weighted by Gasteiger charge is 2.41. The minimum Gasteiger partial charge on any atom is -0.481 e. The summed E-state index contributed by atoms with van der Waals surface area (Å²) in [6.45, 7) is 1.30. The van der Waals surface area contributed by atoms with Gasteiger partial charge >= 0.3 is 5.97 Å². The van der Waals surface area contributed by atoms with Gasteiger partial charge in [0.15, 0.2) is 6.29 Å². The molecule has 1 saturated heterocycles. The average Bonchev–Trinajstić information content (AvgIpc) is 3.03. The van der Waals surface area contributed by atoms with Crippen LogP contribution in [0, 0.1) is 11.8 Å². The first-order chi connectivity index (χ1) is 9.68. The van der Waals surface area contributed by atoms with Crippen LogP contribution in [0.15, 0.2) is 12.2 Å². The molecule has 20 heavy (non-hydrogen) atoms. The van der Waals surface area contributed by atoms with E-state index in [1.54, 1.807) is 0 Å². The van der Waals surface area contributed by atoms with Crippen LogP contribution in [0.2, 0.25) is 0 Å². The van der Waals surface area contributed by atoms with Crippen LogP contribution < -0.4 is 0 Å². The van der Waals surface area contributed by atoms with E-state index >= 15 is 0 Å². The maximum absolute atomic E-state index is 10.4. The molecule has 1 aliphatic heterocycles. The van der Waals surface area contributed by atoms with Gasteiger partial charge in [-0.15, -0.1) is 0 Å². The van der Waals surface area contributed by atoms with E-state index in [9.17, 15) is 9.90 Å². The molecule has 1 aliphatic carbocycles. The number of carbonyl (C=O) groups is 1. The first-order valence-electron chi connectivity index (χ1n) is 7.46. The Hall–Kier alpha value is -0.910. The number of unbranched alkanes of at least 4 members (excludes halogenated alkanes) is 1. The molecule has 0 bridgehead atoms. The van der Waals surface area contributed by atoms with E-state index in [1.165, 1.54) is 0 Å². The third kappa shape index (κ3) is 4.30. The number of aliphatic hydroxyl groups is 1. The van der Waals surface area contributed by atoms with Gasteiger partial charge in [-0.3, -0.25) is 4.79 Å². The fourth-order valence-electron chi connectivity index (χ4n) is 3.11. The Balaban J connectivity index is 1.74. The summed E-state index contributed by atoms with van der Waals surface area (Å²) in [5, 5.41) is 18.6. The van der Waals surface area contributed by atoms with E-state index in [0.717, 1.165) is 25.7 Å². The SMILES string of the molecule is O=C(O)CCCC=CC[C@@H]1[C@H](O)CC[C@H]1C1OCCO1. The van der Waals surface area contributed by atoms with Crippen molar-refractivity contribution in [2.24, 2.45) is 11.8 Å². The quantitative estimate of drug-likeness (QED) is 0.552. The molecule has 0 amide bonds.